The first-order chi connectivity index (χ1) is 12.5. The summed E-state index contributed by atoms with van der Waals surface area (Å²) in [5, 5.41) is 2.13. The van der Waals surface area contributed by atoms with Crippen molar-refractivity contribution in [1.82, 2.24) is 9.97 Å². The molecule has 2 aromatic heterocycles. The molecule has 26 heavy (non-hydrogen) atoms. The van der Waals surface area contributed by atoms with Crippen molar-refractivity contribution < 1.29 is 4.79 Å². The van der Waals surface area contributed by atoms with Crippen molar-refractivity contribution in [3.8, 4) is 11.1 Å². The van der Waals surface area contributed by atoms with Crippen LogP contribution < -0.4 is 5.73 Å². The average Bonchev–Trinajstić information content (AvgIpc) is 3.00. The summed E-state index contributed by atoms with van der Waals surface area (Å²) in [6.07, 6.45) is 3.78. The van der Waals surface area contributed by atoms with Gasteiger partial charge in [0.25, 0.3) is 0 Å². The fourth-order valence-corrected chi connectivity index (χ4v) is 5.04. The second-order valence-electron chi connectivity index (χ2n) is 6.33. The molecule has 0 spiro atoms. The molecule has 1 amide bonds. The highest BCUT2D eigenvalue weighted by atomic mass is 32.2. The maximum Gasteiger partial charge on any atom is 0.217 e. The Kier molecular flexibility index (Phi) is 5.94. The van der Waals surface area contributed by atoms with Crippen molar-refractivity contribution in [2.45, 2.75) is 45.1 Å². The summed E-state index contributed by atoms with van der Waals surface area (Å²) >= 11 is 3.43. The highest BCUT2D eigenvalue weighted by Crippen LogP contribution is 2.42. The second-order valence-corrected chi connectivity index (χ2v) is 8.50. The maximum absolute atomic E-state index is 11.0. The minimum atomic E-state index is -0.252. The predicted octanol–water partition coefficient (Wildman–Crippen LogP) is 4.90. The number of benzene rings is 1. The minimum Gasteiger partial charge on any atom is -0.370 e. The smallest absolute Gasteiger partial charge is 0.217 e. The van der Waals surface area contributed by atoms with E-state index < -0.39 is 0 Å². The molecule has 0 atom stereocenters. The number of hydrogen-bond acceptors (Lipinski definition) is 5. The van der Waals surface area contributed by atoms with Crippen LogP contribution in [-0.4, -0.2) is 21.6 Å². The third-order valence-electron chi connectivity index (χ3n) is 4.45. The van der Waals surface area contributed by atoms with Crippen LogP contribution in [0.2, 0.25) is 0 Å². The highest BCUT2D eigenvalue weighted by Gasteiger charge is 2.18. The molecule has 6 heteroatoms. The topological polar surface area (TPSA) is 68.9 Å². The molecule has 2 N–H and O–H groups in total. The molecule has 136 valence electrons. The lowest BCUT2D eigenvalue weighted by atomic mass is 9.98. The molecule has 3 rings (SSSR count). The highest BCUT2D eigenvalue weighted by molar-refractivity contribution is 7.99. The molecule has 0 saturated carbocycles. The van der Waals surface area contributed by atoms with Crippen molar-refractivity contribution in [2.75, 3.05) is 5.75 Å². The van der Waals surface area contributed by atoms with Gasteiger partial charge < -0.3 is 5.73 Å². The fraction of sp³-hybridized carbons (Fsp3) is 0.350. The van der Waals surface area contributed by atoms with Crippen LogP contribution in [0.3, 0.4) is 0 Å². The van der Waals surface area contributed by atoms with Gasteiger partial charge in [0.05, 0.1) is 5.39 Å². The van der Waals surface area contributed by atoms with E-state index in [1.807, 2.05) is 0 Å². The van der Waals surface area contributed by atoms with Gasteiger partial charge in [-0.25, -0.2) is 9.97 Å². The molecule has 0 saturated heterocycles. The van der Waals surface area contributed by atoms with E-state index in [0.29, 0.717) is 6.42 Å². The van der Waals surface area contributed by atoms with E-state index in [4.69, 9.17) is 5.73 Å². The lowest BCUT2D eigenvalue weighted by molar-refractivity contribution is -0.118. The molecule has 1 aromatic carbocycles. The molecule has 0 aliphatic carbocycles. The van der Waals surface area contributed by atoms with Gasteiger partial charge in [0.1, 0.15) is 16.2 Å². The Labute approximate surface area is 162 Å². The zero-order chi connectivity index (χ0) is 18.7. The van der Waals surface area contributed by atoms with Crippen LogP contribution in [0.5, 0.6) is 0 Å². The molecule has 0 aliphatic heterocycles. The van der Waals surface area contributed by atoms with Gasteiger partial charge in [-0.2, -0.15) is 0 Å². The molecule has 2 heterocycles. The first-order valence-electron chi connectivity index (χ1n) is 8.76. The van der Waals surface area contributed by atoms with Crippen molar-refractivity contribution in [3.63, 3.8) is 0 Å². The SMILES string of the molecule is CCc1sc2ncnc(SCCCC(N)=O)c2c1-c1ccc(C)c(C)c1. The summed E-state index contributed by atoms with van der Waals surface area (Å²) in [4.78, 5) is 22.4. The molecule has 0 fully saturated rings. The van der Waals surface area contributed by atoms with Crippen LogP contribution in [0.25, 0.3) is 21.3 Å². The van der Waals surface area contributed by atoms with E-state index in [-0.39, 0.29) is 5.91 Å². The van der Waals surface area contributed by atoms with Crippen molar-refractivity contribution in [3.05, 3.63) is 40.5 Å². The van der Waals surface area contributed by atoms with Crippen molar-refractivity contribution in [2.24, 2.45) is 5.73 Å². The van der Waals surface area contributed by atoms with E-state index in [2.05, 4.69) is 48.9 Å². The van der Waals surface area contributed by atoms with E-state index in [0.717, 1.165) is 33.8 Å². The number of thiophene rings is 1. The Morgan fingerprint density at radius 3 is 2.73 bits per heavy atom. The molecular formula is C20H23N3OS2. The number of hydrogen-bond donors (Lipinski definition) is 1. The number of nitrogens with two attached hydrogens (primary N) is 1. The number of fused-ring (bicyclic) bond motifs is 1. The standard InChI is InChI=1S/C20H23N3OS2/c1-4-15-17(14-8-7-12(2)13(3)10-14)18-19(22-11-23-20(18)26-15)25-9-5-6-16(21)24/h7-8,10-11H,4-6,9H2,1-3H3,(H2,21,24). The molecule has 0 unspecified atom stereocenters. The van der Waals surface area contributed by atoms with E-state index in [1.54, 1.807) is 29.4 Å². The van der Waals surface area contributed by atoms with Gasteiger partial charge in [0.2, 0.25) is 5.91 Å². The van der Waals surface area contributed by atoms with Crippen LogP contribution >= 0.6 is 23.1 Å². The normalized spacial score (nSPS) is 11.2. The van der Waals surface area contributed by atoms with Crippen molar-refractivity contribution in [1.29, 1.82) is 0 Å². The summed E-state index contributed by atoms with van der Waals surface area (Å²) in [6, 6.07) is 6.62. The summed E-state index contributed by atoms with van der Waals surface area (Å²) in [5.74, 6) is 0.566. The Hall–Kier alpha value is -1.92. The van der Waals surface area contributed by atoms with Crippen LogP contribution in [-0.2, 0) is 11.2 Å². The lowest BCUT2D eigenvalue weighted by Crippen LogP contribution is -2.10. The number of aromatic nitrogens is 2. The van der Waals surface area contributed by atoms with Gasteiger partial charge in [-0.3, -0.25) is 4.79 Å². The molecule has 0 radical (unpaired) electrons. The van der Waals surface area contributed by atoms with E-state index >= 15 is 0 Å². The summed E-state index contributed by atoms with van der Waals surface area (Å²) in [6.45, 7) is 6.46. The molecule has 0 bridgehead atoms. The van der Waals surface area contributed by atoms with Gasteiger partial charge in [0, 0.05) is 22.6 Å². The lowest BCUT2D eigenvalue weighted by Gasteiger charge is -2.09. The first kappa shape index (κ1) is 18.9. The summed E-state index contributed by atoms with van der Waals surface area (Å²) in [5.41, 5.74) is 10.3. The maximum atomic E-state index is 11.0. The quantitative estimate of drug-likeness (QED) is 0.357. The van der Waals surface area contributed by atoms with Crippen LogP contribution in [0.1, 0.15) is 35.8 Å². The summed E-state index contributed by atoms with van der Waals surface area (Å²) < 4.78 is 0. The number of rotatable bonds is 7. The van der Waals surface area contributed by atoms with Crippen molar-refractivity contribution >= 4 is 39.2 Å². The minimum absolute atomic E-state index is 0.252. The molecule has 0 aliphatic rings. The Morgan fingerprint density at radius 2 is 2.04 bits per heavy atom. The zero-order valence-corrected chi connectivity index (χ0v) is 17.0. The van der Waals surface area contributed by atoms with Gasteiger partial charge in [-0.15, -0.1) is 23.1 Å². The predicted molar refractivity (Wildman–Crippen MR) is 111 cm³/mol. The van der Waals surface area contributed by atoms with Gasteiger partial charge >= 0.3 is 0 Å². The van der Waals surface area contributed by atoms with Gasteiger partial charge in [0.15, 0.2) is 0 Å². The number of amides is 1. The van der Waals surface area contributed by atoms with Crippen LogP contribution in [0.15, 0.2) is 29.6 Å². The molecule has 3 aromatic rings. The fourth-order valence-electron chi connectivity index (χ4n) is 2.93. The largest absolute Gasteiger partial charge is 0.370 e. The third-order valence-corrected chi connectivity index (χ3v) is 6.77. The monoisotopic (exact) mass is 385 g/mol. The number of primary amides is 1. The first-order valence-corrected chi connectivity index (χ1v) is 10.6. The number of aryl methyl sites for hydroxylation is 3. The Balaban J connectivity index is 2.05. The second kappa shape index (κ2) is 8.18. The molecular weight excluding hydrogens is 362 g/mol. The summed E-state index contributed by atoms with van der Waals surface area (Å²) in [7, 11) is 0. The number of carbonyl (C=O) groups is 1. The van der Waals surface area contributed by atoms with Crippen LogP contribution in [0, 0.1) is 13.8 Å². The Morgan fingerprint density at radius 1 is 1.23 bits per heavy atom. The Bertz CT molecular complexity index is 950. The van der Waals surface area contributed by atoms with Gasteiger partial charge in [-0.05, 0) is 43.4 Å². The number of nitrogens with zero attached hydrogens (tertiary/aromatic N) is 2. The third kappa shape index (κ3) is 3.91. The van der Waals surface area contributed by atoms with E-state index in [9.17, 15) is 4.79 Å². The number of carbonyl (C=O) groups excluding carboxylic acids is 1. The number of thioether (sulfide) groups is 1. The average molecular weight is 386 g/mol. The zero-order valence-electron chi connectivity index (χ0n) is 15.3. The van der Waals surface area contributed by atoms with Crippen LogP contribution in [0.4, 0.5) is 0 Å². The van der Waals surface area contributed by atoms with E-state index in [1.165, 1.54) is 27.1 Å². The molecule has 4 nitrogen and oxygen atoms in total. The van der Waals surface area contributed by atoms with Gasteiger partial charge in [-0.1, -0.05) is 25.1 Å².